The third-order valence-corrected chi connectivity index (χ3v) is 8.37. The normalized spacial score (nSPS) is 16.9. The van der Waals surface area contributed by atoms with Gasteiger partial charge in [0.05, 0.1) is 34.6 Å². The van der Waals surface area contributed by atoms with Crippen LogP contribution in [0.15, 0.2) is 55.1 Å². The molecule has 6 rings (SSSR count). The highest BCUT2D eigenvalue weighted by Crippen LogP contribution is 2.34. The van der Waals surface area contributed by atoms with E-state index < -0.39 is 29.4 Å². The number of imide groups is 1. The Morgan fingerprint density at radius 2 is 1.83 bits per heavy atom. The van der Waals surface area contributed by atoms with Crippen molar-refractivity contribution in [3.8, 4) is 0 Å². The summed E-state index contributed by atoms with van der Waals surface area (Å²) < 4.78 is 40.6. The molecule has 2 fully saturated rings. The Morgan fingerprint density at radius 3 is 2.49 bits per heavy atom. The summed E-state index contributed by atoms with van der Waals surface area (Å²) in [5, 5.41) is 21.5. The van der Waals surface area contributed by atoms with Crippen LogP contribution in [-0.2, 0) is 23.1 Å². The van der Waals surface area contributed by atoms with Crippen LogP contribution in [0.1, 0.15) is 66.3 Å². The molecule has 15 heteroatoms. The van der Waals surface area contributed by atoms with Gasteiger partial charge in [-0.05, 0) is 62.6 Å². The highest BCUT2D eigenvalue weighted by molar-refractivity contribution is 6.06. The maximum absolute atomic E-state index is 13.0. The summed E-state index contributed by atoms with van der Waals surface area (Å²) in [6.07, 6.45) is 3.40. The van der Waals surface area contributed by atoms with Gasteiger partial charge in [-0.25, -0.2) is 4.79 Å². The number of carbonyl (C=O) groups excluding carboxylic acids is 3. The quantitative estimate of drug-likeness (QED) is 0.263. The van der Waals surface area contributed by atoms with E-state index in [4.69, 9.17) is 5.10 Å². The number of hydrogen-bond acceptors (Lipinski definition) is 8. The molecular weight excluding hydrogens is 617 g/mol. The number of pyridine rings is 2. The Morgan fingerprint density at radius 1 is 1.06 bits per heavy atom. The predicted molar refractivity (Wildman–Crippen MR) is 165 cm³/mol. The van der Waals surface area contributed by atoms with E-state index >= 15 is 0 Å². The largest absolute Gasteiger partial charge is 0.433 e. The van der Waals surface area contributed by atoms with Crippen LogP contribution in [0.2, 0.25) is 0 Å². The van der Waals surface area contributed by atoms with Gasteiger partial charge >= 0.3 is 12.2 Å². The maximum atomic E-state index is 13.0. The molecule has 47 heavy (non-hydrogen) atoms. The van der Waals surface area contributed by atoms with Crippen molar-refractivity contribution in [1.29, 1.82) is 0 Å². The Kier molecular flexibility index (Phi) is 8.44. The van der Waals surface area contributed by atoms with Gasteiger partial charge in [-0.1, -0.05) is 0 Å². The molecule has 2 aliphatic rings. The number of carbonyl (C=O) groups is 3. The van der Waals surface area contributed by atoms with Crippen LogP contribution in [0.3, 0.4) is 0 Å². The standard InChI is InChI=1S/C32H33F3N8O4/c1-31(2,47)24-13-25-21(12-26(24)38-29(45)20-3-4-27(37-15-20)32(33,34)35)18-43(40-25)22-5-8-41(9-6-22)17-19-11-23(16-36-14-19)42-10-7-28(44)39-30(42)46/h3-4,11-16,18,22,47H,5-10,17H2,1-2H3,(H,38,45)(H,39,44,46). The zero-order chi connectivity index (χ0) is 33.5. The summed E-state index contributed by atoms with van der Waals surface area (Å²) in [5.74, 6) is -0.950. The van der Waals surface area contributed by atoms with Crippen LogP contribution in [0, 0.1) is 0 Å². The molecule has 4 amide bonds. The van der Waals surface area contributed by atoms with E-state index in [1.165, 1.54) is 4.90 Å². The second-order valence-electron chi connectivity index (χ2n) is 12.3. The fourth-order valence-electron chi connectivity index (χ4n) is 5.90. The van der Waals surface area contributed by atoms with Gasteiger partial charge < -0.3 is 10.4 Å². The first-order chi connectivity index (χ1) is 22.2. The van der Waals surface area contributed by atoms with Crippen molar-refractivity contribution in [2.75, 3.05) is 29.9 Å². The summed E-state index contributed by atoms with van der Waals surface area (Å²) in [6, 6.07) is 6.79. The number of nitrogens with one attached hydrogen (secondary N) is 2. The van der Waals surface area contributed by atoms with Crippen molar-refractivity contribution in [3.63, 3.8) is 0 Å². The van der Waals surface area contributed by atoms with Crippen LogP contribution in [0.25, 0.3) is 10.9 Å². The van der Waals surface area contributed by atoms with E-state index in [9.17, 15) is 32.7 Å². The molecule has 3 aromatic heterocycles. The van der Waals surface area contributed by atoms with Crippen molar-refractivity contribution in [2.24, 2.45) is 0 Å². The molecule has 246 valence electrons. The van der Waals surface area contributed by atoms with Gasteiger partial charge in [-0.2, -0.15) is 18.3 Å². The number of aliphatic hydroxyl groups is 1. The average molecular weight is 651 g/mol. The van der Waals surface area contributed by atoms with Crippen LogP contribution in [0.5, 0.6) is 0 Å². The Labute approximate surface area is 267 Å². The van der Waals surface area contributed by atoms with Crippen molar-refractivity contribution in [2.45, 2.75) is 57.5 Å². The molecule has 0 atom stereocenters. The number of nitrogens with zero attached hydrogens (tertiary/aromatic N) is 6. The topological polar surface area (TPSA) is 146 Å². The van der Waals surface area contributed by atoms with E-state index in [2.05, 4.69) is 25.5 Å². The smallest absolute Gasteiger partial charge is 0.386 e. The molecule has 2 aliphatic heterocycles. The number of rotatable bonds is 7. The first-order valence-electron chi connectivity index (χ1n) is 15.1. The average Bonchev–Trinajstić information content (AvgIpc) is 3.43. The van der Waals surface area contributed by atoms with Gasteiger partial charge in [0, 0.05) is 67.8 Å². The zero-order valence-corrected chi connectivity index (χ0v) is 25.7. The van der Waals surface area contributed by atoms with Crippen molar-refractivity contribution in [3.05, 3.63) is 77.5 Å². The molecule has 3 N–H and O–H groups in total. The van der Waals surface area contributed by atoms with E-state index in [0.717, 1.165) is 55.2 Å². The number of likely N-dealkylation sites (tertiary alicyclic amines) is 1. The summed E-state index contributed by atoms with van der Waals surface area (Å²) >= 11 is 0. The summed E-state index contributed by atoms with van der Waals surface area (Å²) in [7, 11) is 0. The molecule has 0 aliphatic carbocycles. The molecule has 1 aromatic carbocycles. The zero-order valence-electron chi connectivity index (χ0n) is 25.7. The number of urea groups is 1. The molecule has 2 saturated heterocycles. The molecule has 12 nitrogen and oxygen atoms in total. The molecule has 0 radical (unpaired) electrons. The van der Waals surface area contributed by atoms with Gasteiger partial charge in [-0.3, -0.25) is 39.4 Å². The van der Waals surface area contributed by atoms with Crippen LogP contribution in [-0.4, -0.2) is 67.2 Å². The van der Waals surface area contributed by atoms with E-state index in [0.29, 0.717) is 35.5 Å². The van der Waals surface area contributed by atoms with Gasteiger partial charge in [0.15, 0.2) is 0 Å². The van der Waals surface area contributed by atoms with Crippen LogP contribution < -0.4 is 15.5 Å². The lowest BCUT2D eigenvalue weighted by molar-refractivity contribution is -0.141. The number of hydrogen-bond donors (Lipinski definition) is 3. The first-order valence-corrected chi connectivity index (χ1v) is 15.1. The summed E-state index contributed by atoms with van der Waals surface area (Å²) in [4.78, 5) is 48.2. The predicted octanol–water partition coefficient (Wildman–Crippen LogP) is 4.61. The Balaban J connectivity index is 1.13. The highest BCUT2D eigenvalue weighted by atomic mass is 19.4. The number of fused-ring (bicyclic) bond motifs is 1. The van der Waals surface area contributed by atoms with Crippen LogP contribution in [0.4, 0.5) is 29.3 Å². The minimum absolute atomic E-state index is 0.0572. The van der Waals surface area contributed by atoms with Gasteiger partial charge in [-0.15, -0.1) is 0 Å². The molecule has 0 saturated carbocycles. The second-order valence-corrected chi connectivity index (χ2v) is 12.3. The molecule has 0 unspecified atom stereocenters. The number of aromatic nitrogens is 4. The Bertz CT molecular complexity index is 1830. The van der Waals surface area contributed by atoms with E-state index in [1.54, 1.807) is 38.4 Å². The van der Waals surface area contributed by atoms with Crippen molar-refractivity contribution >= 4 is 40.1 Å². The van der Waals surface area contributed by atoms with E-state index in [-0.39, 0.29) is 23.9 Å². The minimum atomic E-state index is -4.62. The summed E-state index contributed by atoms with van der Waals surface area (Å²) in [5.41, 5.74) is 0.435. The number of benzene rings is 1. The third kappa shape index (κ3) is 7.10. The first kappa shape index (κ1) is 32.1. The number of alkyl halides is 3. The molecule has 4 aromatic rings. The molecule has 5 heterocycles. The molecular formula is C32H33F3N8O4. The third-order valence-electron chi connectivity index (χ3n) is 8.37. The number of halogens is 3. The monoisotopic (exact) mass is 650 g/mol. The maximum Gasteiger partial charge on any atom is 0.433 e. The Hall–Kier alpha value is -4.89. The lowest BCUT2D eigenvalue weighted by atomic mass is 9.95. The number of amides is 4. The fourth-order valence-corrected chi connectivity index (χ4v) is 5.90. The lowest BCUT2D eigenvalue weighted by Crippen LogP contribution is -2.49. The number of anilines is 2. The van der Waals surface area contributed by atoms with Crippen LogP contribution >= 0.6 is 0 Å². The summed E-state index contributed by atoms with van der Waals surface area (Å²) in [6.45, 7) is 5.69. The van der Waals surface area contributed by atoms with E-state index in [1.807, 2.05) is 16.9 Å². The number of piperidine rings is 1. The second kappa shape index (κ2) is 12.4. The minimum Gasteiger partial charge on any atom is -0.386 e. The van der Waals surface area contributed by atoms with Gasteiger partial charge in [0.1, 0.15) is 5.69 Å². The highest BCUT2D eigenvalue weighted by Gasteiger charge is 2.32. The molecule has 0 spiro atoms. The van der Waals surface area contributed by atoms with Crippen molar-refractivity contribution in [1.82, 2.24) is 30.0 Å². The lowest BCUT2D eigenvalue weighted by Gasteiger charge is -2.32. The van der Waals surface area contributed by atoms with Gasteiger partial charge in [0.2, 0.25) is 5.91 Å². The fraction of sp³-hybridized carbons (Fsp3) is 0.375. The molecule has 0 bridgehead atoms. The van der Waals surface area contributed by atoms with Crippen molar-refractivity contribution < 1.29 is 32.7 Å². The SMILES string of the molecule is CC(C)(O)c1cc2nn(C3CCN(Cc4cncc(N5CCC(=O)NC5=O)c4)CC3)cc2cc1NC(=O)c1ccc(C(F)(F)F)nc1. The van der Waals surface area contributed by atoms with Gasteiger partial charge in [0.25, 0.3) is 5.91 Å².